The van der Waals surface area contributed by atoms with Crippen molar-refractivity contribution in [2.75, 3.05) is 4.72 Å². The van der Waals surface area contributed by atoms with E-state index >= 15 is 0 Å². The van der Waals surface area contributed by atoms with Crippen molar-refractivity contribution in [3.8, 4) is 0 Å². The first-order chi connectivity index (χ1) is 8.90. The molecule has 0 atom stereocenters. The van der Waals surface area contributed by atoms with E-state index in [1.807, 2.05) is 0 Å². The Balaban J connectivity index is 2.44. The van der Waals surface area contributed by atoms with E-state index in [9.17, 15) is 8.42 Å². The van der Waals surface area contributed by atoms with E-state index in [0.717, 1.165) is 0 Å². The zero-order valence-corrected chi connectivity index (χ0v) is 12.6. The summed E-state index contributed by atoms with van der Waals surface area (Å²) in [5.74, 6) is 0. The molecule has 0 aliphatic carbocycles. The summed E-state index contributed by atoms with van der Waals surface area (Å²) in [6.07, 6.45) is 1.35. The Bertz CT molecular complexity index is 713. The Kier molecular flexibility index (Phi) is 3.88. The Morgan fingerprint density at radius 3 is 2.74 bits per heavy atom. The number of benzene rings is 1. The Labute approximate surface area is 123 Å². The molecular formula is C10H9BrN4O2S2. The van der Waals surface area contributed by atoms with Gasteiger partial charge in [0, 0.05) is 10.0 Å². The van der Waals surface area contributed by atoms with Crippen LogP contribution in [0.2, 0.25) is 0 Å². The summed E-state index contributed by atoms with van der Waals surface area (Å²) in [6, 6.07) is 6.29. The number of hydrogen-bond acceptors (Lipinski definition) is 4. The van der Waals surface area contributed by atoms with Crippen molar-refractivity contribution >= 4 is 48.8 Å². The molecule has 2 rings (SSSR count). The van der Waals surface area contributed by atoms with Gasteiger partial charge < -0.3 is 5.73 Å². The second-order valence-electron chi connectivity index (χ2n) is 3.58. The molecule has 9 heteroatoms. The van der Waals surface area contributed by atoms with Crippen LogP contribution in [0.15, 0.2) is 40.0 Å². The molecule has 0 saturated carbocycles. The van der Waals surface area contributed by atoms with Crippen molar-refractivity contribution in [3.63, 3.8) is 0 Å². The molecule has 0 aliphatic rings. The summed E-state index contributed by atoms with van der Waals surface area (Å²) >= 11 is 8.15. The highest BCUT2D eigenvalue weighted by molar-refractivity contribution is 9.10. The van der Waals surface area contributed by atoms with Gasteiger partial charge in [0.2, 0.25) is 0 Å². The van der Waals surface area contributed by atoms with Crippen LogP contribution < -0.4 is 10.5 Å². The van der Waals surface area contributed by atoms with Crippen LogP contribution in [0.3, 0.4) is 0 Å². The monoisotopic (exact) mass is 360 g/mol. The first kappa shape index (κ1) is 14.0. The maximum Gasteiger partial charge on any atom is 0.278 e. The highest BCUT2D eigenvalue weighted by atomic mass is 79.9. The van der Waals surface area contributed by atoms with Crippen LogP contribution in [0.5, 0.6) is 0 Å². The average Bonchev–Trinajstić information content (AvgIpc) is 2.81. The third kappa shape index (κ3) is 3.11. The number of sulfonamides is 1. The third-order valence-corrected chi connectivity index (χ3v) is 4.26. The second-order valence-corrected chi connectivity index (χ2v) is 6.59. The quantitative estimate of drug-likeness (QED) is 0.719. The summed E-state index contributed by atoms with van der Waals surface area (Å²) in [5.41, 5.74) is 6.31. The minimum atomic E-state index is -3.75. The number of aromatic nitrogens is 2. The third-order valence-electron chi connectivity index (χ3n) is 2.26. The summed E-state index contributed by atoms with van der Waals surface area (Å²) in [5, 5.41) is 5.95. The van der Waals surface area contributed by atoms with Crippen LogP contribution in [0.4, 0.5) is 5.69 Å². The van der Waals surface area contributed by atoms with E-state index in [4.69, 9.17) is 18.0 Å². The van der Waals surface area contributed by atoms with Gasteiger partial charge in [0.1, 0.15) is 4.99 Å². The highest BCUT2D eigenvalue weighted by Crippen LogP contribution is 2.23. The molecule has 1 aromatic heterocycles. The highest BCUT2D eigenvalue weighted by Gasteiger charge is 2.18. The van der Waals surface area contributed by atoms with Gasteiger partial charge in [0.25, 0.3) is 10.0 Å². The standard InChI is InChI=1S/C10H9BrN4O2S2/c11-6-1-2-7(10(12)18)8(5-6)15-19(16,17)9-3-4-13-14-9/h1-5,15H,(H2,12,18)(H,13,14). The fraction of sp³-hybridized carbons (Fsp3) is 0. The molecule has 0 unspecified atom stereocenters. The molecule has 1 heterocycles. The minimum absolute atomic E-state index is 0.0404. The number of anilines is 1. The van der Waals surface area contributed by atoms with Crippen LogP contribution >= 0.6 is 28.1 Å². The van der Waals surface area contributed by atoms with Gasteiger partial charge in [-0.2, -0.15) is 13.5 Å². The number of rotatable bonds is 4. The molecule has 0 fully saturated rings. The Morgan fingerprint density at radius 1 is 1.42 bits per heavy atom. The van der Waals surface area contributed by atoms with Crippen molar-refractivity contribution in [1.29, 1.82) is 0 Å². The zero-order chi connectivity index (χ0) is 14.0. The number of aromatic amines is 1. The van der Waals surface area contributed by atoms with Gasteiger partial charge in [0.15, 0.2) is 5.03 Å². The fourth-order valence-corrected chi connectivity index (χ4v) is 2.93. The predicted octanol–water partition coefficient (Wildman–Crippen LogP) is 1.61. The number of nitrogens with one attached hydrogen (secondary N) is 2. The summed E-state index contributed by atoms with van der Waals surface area (Å²) in [4.78, 5) is 0.106. The van der Waals surface area contributed by atoms with Crippen molar-refractivity contribution in [1.82, 2.24) is 10.2 Å². The van der Waals surface area contributed by atoms with Crippen LogP contribution in [0, 0.1) is 0 Å². The van der Waals surface area contributed by atoms with E-state index < -0.39 is 10.0 Å². The van der Waals surface area contributed by atoms with Gasteiger partial charge >= 0.3 is 0 Å². The van der Waals surface area contributed by atoms with Crippen molar-refractivity contribution in [2.24, 2.45) is 5.73 Å². The number of hydrogen-bond donors (Lipinski definition) is 3. The molecule has 6 nitrogen and oxygen atoms in total. The molecule has 0 aliphatic heterocycles. The first-order valence-electron chi connectivity index (χ1n) is 5.02. The Hall–Kier alpha value is -1.45. The fourth-order valence-electron chi connectivity index (χ4n) is 1.41. The first-order valence-corrected chi connectivity index (χ1v) is 7.70. The summed E-state index contributed by atoms with van der Waals surface area (Å²) in [7, 11) is -3.75. The zero-order valence-electron chi connectivity index (χ0n) is 9.42. The molecule has 0 spiro atoms. The molecule has 2 aromatic rings. The van der Waals surface area contributed by atoms with E-state index in [1.165, 1.54) is 12.3 Å². The number of nitrogens with two attached hydrogens (primary N) is 1. The van der Waals surface area contributed by atoms with Crippen molar-refractivity contribution in [3.05, 3.63) is 40.5 Å². The summed E-state index contributed by atoms with van der Waals surface area (Å²) in [6.45, 7) is 0. The predicted molar refractivity (Wildman–Crippen MR) is 79.4 cm³/mol. The topological polar surface area (TPSA) is 101 Å². The number of halogens is 1. The number of thiocarbonyl (C=S) groups is 1. The molecular weight excluding hydrogens is 352 g/mol. The summed E-state index contributed by atoms with van der Waals surface area (Å²) < 4.78 is 27.3. The van der Waals surface area contributed by atoms with Gasteiger partial charge in [0.05, 0.1) is 11.9 Å². The molecule has 0 amide bonds. The van der Waals surface area contributed by atoms with E-state index in [2.05, 4.69) is 30.8 Å². The van der Waals surface area contributed by atoms with Crippen molar-refractivity contribution in [2.45, 2.75) is 5.03 Å². The van der Waals surface area contributed by atoms with Gasteiger partial charge in [-0.1, -0.05) is 28.1 Å². The lowest BCUT2D eigenvalue weighted by atomic mass is 10.2. The van der Waals surface area contributed by atoms with Crippen LogP contribution in [0.1, 0.15) is 5.56 Å². The lowest BCUT2D eigenvalue weighted by molar-refractivity contribution is 0.597. The van der Waals surface area contributed by atoms with Gasteiger partial charge in [-0.15, -0.1) is 0 Å². The van der Waals surface area contributed by atoms with Gasteiger partial charge in [-0.3, -0.25) is 9.82 Å². The molecule has 100 valence electrons. The average molecular weight is 361 g/mol. The minimum Gasteiger partial charge on any atom is -0.389 e. The van der Waals surface area contributed by atoms with E-state index in [0.29, 0.717) is 15.7 Å². The molecule has 4 N–H and O–H groups in total. The largest absolute Gasteiger partial charge is 0.389 e. The van der Waals surface area contributed by atoms with E-state index in [-0.39, 0.29) is 10.0 Å². The smallest absolute Gasteiger partial charge is 0.278 e. The molecule has 0 saturated heterocycles. The molecule has 1 aromatic carbocycles. The molecule has 19 heavy (non-hydrogen) atoms. The number of nitrogens with zero attached hydrogens (tertiary/aromatic N) is 1. The SMILES string of the molecule is NC(=S)c1ccc(Br)cc1NS(=O)(=O)c1ccn[nH]1. The normalized spacial score (nSPS) is 11.2. The maximum absolute atomic E-state index is 12.1. The van der Waals surface area contributed by atoms with Gasteiger partial charge in [-0.25, -0.2) is 0 Å². The Morgan fingerprint density at radius 2 is 2.16 bits per heavy atom. The lowest BCUT2D eigenvalue weighted by Crippen LogP contribution is -2.18. The van der Waals surface area contributed by atoms with Crippen molar-refractivity contribution < 1.29 is 8.42 Å². The van der Waals surface area contributed by atoms with Crippen LogP contribution in [-0.4, -0.2) is 23.6 Å². The van der Waals surface area contributed by atoms with E-state index in [1.54, 1.807) is 18.2 Å². The van der Waals surface area contributed by atoms with Gasteiger partial charge in [-0.05, 0) is 24.3 Å². The molecule has 0 bridgehead atoms. The van der Waals surface area contributed by atoms with Crippen LogP contribution in [-0.2, 0) is 10.0 Å². The lowest BCUT2D eigenvalue weighted by Gasteiger charge is -2.11. The molecule has 0 radical (unpaired) electrons. The van der Waals surface area contributed by atoms with Crippen LogP contribution in [0.25, 0.3) is 0 Å². The maximum atomic E-state index is 12.1. The second kappa shape index (κ2) is 5.27. The number of H-pyrrole nitrogens is 1.